The minimum Gasteiger partial charge on any atom is -0.353 e. The molecule has 0 aromatic rings. The van der Waals surface area contributed by atoms with E-state index in [4.69, 9.17) is 0 Å². The second kappa shape index (κ2) is 6.56. The summed E-state index contributed by atoms with van der Waals surface area (Å²) in [4.78, 5) is 26.7. The Balaban J connectivity index is 2.28. The Bertz CT molecular complexity index is 271. The molecule has 2 N–H and O–H groups in total. The van der Waals surface area contributed by atoms with E-state index in [1.807, 2.05) is 14.1 Å². The van der Waals surface area contributed by atoms with Crippen molar-refractivity contribution in [2.45, 2.75) is 12.5 Å². The molecule has 1 atom stereocenters. The van der Waals surface area contributed by atoms with E-state index < -0.39 is 0 Å². The van der Waals surface area contributed by atoms with Gasteiger partial charge in [0.1, 0.15) is 6.04 Å². The molecule has 0 aromatic carbocycles. The Labute approximate surface area is 102 Å². The van der Waals surface area contributed by atoms with Gasteiger partial charge in [0.2, 0.25) is 11.8 Å². The van der Waals surface area contributed by atoms with Crippen LogP contribution in [0, 0.1) is 0 Å². The monoisotopic (exact) mass is 242 g/mol. The molecule has 0 saturated carbocycles. The number of nitrogens with one attached hydrogen (secondary N) is 2. The average Bonchev–Trinajstić information content (AvgIpc) is 2.28. The van der Waals surface area contributed by atoms with E-state index in [2.05, 4.69) is 15.5 Å². The fourth-order valence-electron chi connectivity index (χ4n) is 1.74. The zero-order chi connectivity index (χ0) is 12.8. The molecule has 0 aromatic heterocycles. The molecule has 0 bridgehead atoms. The van der Waals surface area contributed by atoms with Gasteiger partial charge in [-0.3, -0.25) is 14.9 Å². The van der Waals surface area contributed by atoms with Crippen molar-refractivity contribution in [1.29, 1.82) is 0 Å². The number of hydrogen-bond acceptors (Lipinski definition) is 4. The highest BCUT2D eigenvalue weighted by Crippen LogP contribution is 1.97. The number of amides is 2. The van der Waals surface area contributed by atoms with E-state index in [1.54, 1.807) is 11.9 Å². The number of rotatable bonds is 5. The van der Waals surface area contributed by atoms with Crippen LogP contribution in [0.15, 0.2) is 0 Å². The van der Waals surface area contributed by atoms with Crippen LogP contribution in [0.3, 0.4) is 0 Å². The second-order valence-corrected chi connectivity index (χ2v) is 4.65. The third kappa shape index (κ3) is 4.70. The number of carbonyl (C=O) groups is 2. The van der Waals surface area contributed by atoms with E-state index >= 15 is 0 Å². The lowest BCUT2D eigenvalue weighted by Crippen LogP contribution is -2.58. The van der Waals surface area contributed by atoms with Crippen LogP contribution in [0.2, 0.25) is 0 Å². The van der Waals surface area contributed by atoms with Gasteiger partial charge >= 0.3 is 0 Å². The molecule has 1 heterocycles. The lowest BCUT2D eigenvalue weighted by atomic mass is 10.2. The van der Waals surface area contributed by atoms with Crippen molar-refractivity contribution in [1.82, 2.24) is 20.4 Å². The number of nitrogens with zero attached hydrogens (tertiary/aromatic N) is 2. The average molecular weight is 242 g/mol. The van der Waals surface area contributed by atoms with E-state index in [0.29, 0.717) is 6.54 Å². The van der Waals surface area contributed by atoms with E-state index in [1.165, 1.54) is 0 Å². The van der Waals surface area contributed by atoms with Gasteiger partial charge in [-0.15, -0.1) is 0 Å². The number of hydrogen-bond donors (Lipinski definition) is 2. The Hall–Kier alpha value is -1.14. The molecule has 17 heavy (non-hydrogen) atoms. The van der Waals surface area contributed by atoms with Gasteiger partial charge in [0.05, 0.1) is 6.54 Å². The maximum absolute atomic E-state index is 12.0. The summed E-state index contributed by atoms with van der Waals surface area (Å²) in [5.74, 6) is -0.00642. The van der Waals surface area contributed by atoms with Crippen molar-refractivity contribution in [2.75, 3.05) is 47.3 Å². The minimum absolute atomic E-state index is 0.0451. The summed E-state index contributed by atoms with van der Waals surface area (Å²) in [6.07, 6.45) is 0.953. The molecule has 0 radical (unpaired) electrons. The molecular formula is C11H22N4O2. The molecule has 1 saturated heterocycles. The highest BCUT2D eigenvalue weighted by molar-refractivity contribution is 5.86. The van der Waals surface area contributed by atoms with Gasteiger partial charge in [-0.25, -0.2) is 0 Å². The van der Waals surface area contributed by atoms with Crippen molar-refractivity contribution in [3.05, 3.63) is 0 Å². The molecule has 0 aliphatic carbocycles. The first-order valence-electron chi connectivity index (χ1n) is 5.90. The Morgan fingerprint density at radius 3 is 2.59 bits per heavy atom. The van der Waals surface area contributed by atoms with E-state index in [0.717, 1.165) is 19.5 Å². The summed E-state index contributed by atoms with van der Waals surface area (Å²) in [6.45, 7) is 2.31. The van der Waals surface area contributed by atoms with Gasteiger partial charge in [-0.2, -0.15) is 0 Å². The SMILES string of the molecule is CN(C)CCCN(C)C(=O)C1CNC(=O)CN1. The zero-order valence-corrected chi connectivity index (χ0v) is 10.8. The van der Waals surface area contributed by atoms with Crippen LogP contribution < -0.4 is 10.6 Å². The molecule has 98 valence electrons. The number of carbonyl (C=O) groups excluding carboxylic acids is 2. The lowest BCUT2D eigenvalue weighted by molar-refractivity contribution is -0.133. The van der Waals surface area contributed by atoms with Crippen LogP contribution in [0.5, 0.6) is 0 Å². The predicted octanol–water partition coefficient (Wildman–Crippen LogP) is -1.52. The fourth-order valence-corrected chi connectivity index (χ4v) is 1.74. The first kappa shape index (κ1) is 13.9. The quantitative estimate of drug-likeness (QED) is 0.615. The highest BCUT2D eigenvalue weighted by Gasteiger charge is 2.25. The molecule has 6 nitrogen and oxygen atoms in total. The molecule has 1 rings (SSSR count). The van der Waals surface area contributed by atoms with Crippen molar-refractivity contribution >= 4 is 11.8 Å². The highest BCUT2D eigenvalue weighted by atomic mass is 16.2. The first-order valence-corrected chi connectivity index (χ1v) is 5.90. The smallest absolute Gasteiger partial charge is 0.241 e. The van der Waals surface area contributed by atoms with Crippen molar-refractivity contribution in [3.63, 3.8) is 0 Å². The fraction of sp³-hybridized carbons (Fsp3) is 0.818. The van der Waals surface area contributed by atoms with Gasteiger partial charge < -0.3 is 15.1 Å². The molecule has 2 amide bonds. The van der Waals surface area contributed by atoms with Crippen molar-refractivity contribution in [2.24, 2.45) is 0 Å². The molecule has 1 aliphatic rings. The summed E-state index contributed by atoms with van der Waals surface area (Å²) in [5, 5.41) is 5.62. The van der Waals surface area contributed by atoms with Crippen LogP contribution in [-0.2, 0) is 9.59 Å². The summed E-state index contributed by atoms with van der Waals surface area (Å²) in [6, 6.07) is -0.281. The first-order chi connectivity index (χ1) is 8.00. The largest absolute Gasteiger partial charge is 0.353 e. The van der Waals surface area contributed by atoms with Gasteiger partial charge in [0, 0.05) is 20.1 Å². The van der Waals surface area contributed by atoms with Crippen LogP contribution in [0.1, 0.15) is 6.42 Å². The Kier molecular flexibility index (Phi) is 5.37. The zero-order valence-electron chi connectivity index (χ0n) is 10.8. The molecule has 6 heteroatoms. The maximum atomic E-state index is 12.0. The molecule has 1 aliphatic heterocycles. The van der Waals surface area contributed by atoms with Crippen LogP contribution in [0.25, 0.3) is 0 Å². The summed E-state index contributed by atoms with van der Waals surface area (Å²) in [5.41, 5.74) is 0. The minimum atomic E-state index is -0.281. The normalized spacial score (nSPS) is 20.2. The van der Waals surface area contributed by atoms with Crippen LogP contribution >= 0.6 is 0 Å². The van der Waals surface area contributed by atoms with Gasteiger partial charge in [-0.05, 0) is 27.1 Å². The van der Waals surface area contributed by atoms with E-state index in [9.17, 15) is 9.59 Å². The molecular weight excluding hydrogens is 220 g/mol. The van der Waals surface area contributed by atoms with Gasteiger partial charge in [0.25, 0.3) is 0 Å². The summed E-state index contributed by atoms with van der Waals surface area (Å²) < 4.78 is 0. The third-order valence-corrected chi connectivity index (χ3v) is 2.79. The number of piperazine rings is 1. The van der Waals surface area contributed by atoms with Crippen LogP contribution in [-0.4, -0.2) is 75.0 Å². The standard InChI is InChI=1S/C11H22N4O2/c1-14(2)5-4-6-15(3)11(17)9-7-13-10(16)8-12-9/h9,12H,4-8H2,1-3H3,(H,13,16). The lowest BCUT2D eigenvalue weighted by Gasteiger charge is -2.28. The molecule has 1 fully saturated rings. The maximum Gasteiger partial charge on any atom is 0.241 e. The van der Waals surface area contributed by atoms with Crippen LogP contribution in [0.4, 0.5) is 0 Å². The Morgan fingerprint density at radius 2 is 2.06 bits per heavy atom. The Morgan fingerprint density at radius 1 is 1.35 bits per heavy atom. The predicted molar refractivity (Wildman–Crippen MR) is 65.6 cm³/mol. The van der Waals surface area contributed by atoms with E-state index in [-0.39, 0.29) is 24.4 Å². The topological polar surface area (TPSA) is 64.7 Å². The molecule has 0 spiro atoms. The third-order valence-electron chi connectivity index (χ3n) is 2.79. The van der Waals surface area contributed by atoms with Gasteiger partial charge in [-0.1, -0.05) is 0 Å². The van der Waals surface area contributed by atoms with Gasteiger partial charge in [0.15, 0.2) is 0 Å². The summed E-state index contributed by atoms with van der Waals surface area (Å²) in [7, 11) is 5.83. The summed E-state index contributed by atoms with van der Waals surface area (Å²) >= 11 is 0. The molecule has 1 unspecified atom stereocenters. The number of likely N-dealkylation sites (N-methyl/N-ethyl adjacent to an activating group) is 1. The van der Waals surface area contributed by atoms with Crippen molar-refractivity contribution in [3.8, 4) is 0 Å². The van der Waals surface area contributed by atoms with Crippen molar-refractivity contribution < 1.29 is 9.59 Å². The second-order valence-electron chi connectivity index (χ2n) is 4.65.